The van der Waals surface area contributed by atoms with Gasteiger partial charge in [0, 0.05) is 17.5 Å². The first-order chi connectivity index (χ1) is 9.38. The number of nitrogens with two attached hydrogens (primary N) is 1. The third-order valence-corrected chi connectivity index (χ3v) is 5.25. The lowest BCUT2D eigenvalue weighted by molar-refractivity contribution is 0.579. The monoisotopic (exact) mass is 310 g/mol. The Morgan fingerprint density at radius 1 is 1.35 bits per heavy atom. The number of rotatable bonds is 5. The highest BCUT2D eigenvalue weighted by molar-refractivity contribution is 7.89. The van der Waals surface area contributed by atoms with Crippen LogP contribution in [0, 0.1) is 6.92 Å². The van der Waals surface area contributed by atoms with Crippen LogP contribution in [0.2, 0.25) is 0 Å². The second-order valence-electron chi connectivity index (χ2n) is 4.76. The number of nitrogens with one attached hydrogen (secondary N) is 1. The summed E-state index contributed by atoms with van der Waals surface area (Å²) in [6.45, 7) is 4.79. The zero-order chi connectivity index (χ0) is 14.8. The maximum atomic E-state index is 11.3. The van der Waals surface area contributed by atoms with Gasteiger partial charge >= 0.3 is 0 Å². The van der Waals surface area contributed by atoms with Gasteiger partial charge in [-0.3, -0.25) is 0 Å². The lowest BCUT2D eigenvalue weighted by Crippen LogP contribution is -2.18. The molecule has 2 aromatic rings. The first-order valence-corrected chi connectivity index (χ1v) is 8.69. The fourth-order valence-electron chi connectivity index (χ4n) is 2.02. The largest absolute Gasteiger partial charge is 0.305 e. The van der Waals surface area contributed by atoms with Gasteiger partial charge in [-0.05, 0) is 48.6 Å². The van der Waals surface area contributed by atoms with E-state index in [2.05, 4.69) is 30.6 Å². The van der Waals surface area contributed by atoms with Gasteiger partial charge in [0.25, 0.3) is 0 Å². The molecule has 2 rings (SSSR count). The van der Waals surface area contributed by atoms with Gasteiger partial charge in [0.2, 0.25) is 10.0 Å². The molecule has 0 aliphatic heterocycles. The summed E-state index contributed by atoms with van der Waals surface area (Å²) in [6, 6.07) is 9.03. The summed E-state index contributed by atoms with van der Waals surface area (Å²) in [5.41, 5.74) is 2.17. The quantitative estimate of drug-likeness (QED) is 0.891. The van der Waals surface area contributed by atoms with E-state index >= 15 is 0 Å². The number of hydrogen-bond donors (Lipinski definition) is 2. The molecule has 0 aliphatic rings. The molecule has 0 saturated heterocycles. The zero-order valence-corrected chi connectivity index (χ0v) is 13.1. The summed E-state index contributed by atoms with van der Waals surface area (Å²) < 4.78 is 22.6. The average Bonchev–Trinajstić information content (AvgIpc) is 2.82. The van der Waals surface area contributed by atoms with Crippen molar-refractivity contribution in [2.45, 2.75) is 31.3 Å². The molecule has 0 bridgehead atoms. The van der Waals surface area contributed by atoms with Crippen LogP contribution in [0.5, 0.6) is 0 Å². The van der Waals surface area contributed by atoms with E-state index in [4.69, 9.17) is 5.14 Å². The maximum absolute atomic E-state index is 11.3. The van der Waals surface area contributed by atoms with E-state index in [9.17, 15) is 8.42 Å². The molecule has 0 aliphatic carbocycles. The lowest BCUT2D eigenvalue weighted by Gasteiger charge is -2.14. The fourth-order valence-corrected chi connectivity index (χ4v) is 3.57. The summed E-state index contributed by atoms with van der Waals surface area (Å²) in [5, 5.41) is 10.6. The van der Waals surface area contributed by atoms with Crippen molar-refractivity contribution < 1.29 is 8.42 Å². The van der Waals surface area contributed by atoms with Gasteiger partial charge < -0.3 is 5.32 Å². The SMILES string of the molecule is Cc1ccsc1C(C)NCc1cccc(S(N)(=O)=O)c1. The molecule has 1 heterocycles. The number of thiophene rings is 1. The number of sulfonamides is 1. The number of hydrogen-bond acceptors (Lipinski definition) is 4. The minimum Gasteiger partial charge on any atom is -0.305 e. The van der Waals surface area contributed by atoms with E-state index in [0.29, 0.717) is 6.54 Å². The van der Waals surface area contributed by atoms with Crippen LogP contribution in [0.3, 0.4) is 0 Å². The second-order valence-corrected chi connectivity index (χ2v) is 7.27. The predicted octanol–water partition coefficient (Wildman–Crippen LogP) is 2.55. The van der Waals surface area contributed by atoms with Crippen LogP contribution in [-0.4, -0.2) is 8.42 Å². The van der Waals surface area contributed by atoms with Crippen molar-refractivity contribution in [1.29, 1.82) is 0 Å². The Labute approximate surface area is 123 Å². The van der Waals surface area contributed by atoms with Crippen LogP contribution in [0.1, 0.15) is 29.0 Å². The molecule has 0 saturated carbocycles. The molecule has 20 heavy (non-hydrogen) atoms. The van der Waals surface area contributed by atoms with Crippen molar-refractivity contribution >= 4 is 21.4 Å². The molecule has 1 aromatic carbocycles. The van der Waals surface area contributed by atoms with Gasteiger partial charge in [-0.15, -0.1) is 11.3 Å². The van der Waals surface area contributed by atoms with Crippen LogP contribution >= 0.6 is 11.3 Å². The van der Waals surface area contributed by atoms with Crippen LogP contribution in [0.4, 0.5) is 0 Å². The standard InChI is InChI=1S/C14H18N2O2S2/c1-10-6-7-19-14(10)11(2)16-9-12-4-3-5-13(8-12)20(15,17)18/h3-8,11,16H,9H2,1-2H3,(H2,15,17,18). The number of primary sulfonamides is 1. The summed E-state index contributed by atoms with van der Waals surface area (Å²) in [5.74, 6) is 0. The molecule has 108 valence electrons. The van der Waals surface area contributed by atoms with Crippen molar-refractivity contribution in [1.82, 2.24) is 5.32 Å². The maximum Gasteiger partial charge on any atom is 0.238 e. The molecule has 0 spiro atoms. The second kappa shape index (κ2) is 6.05. The van der Waals surface area contributed by atoms with Gasteiger partial charge in [-0.2, -0.15) is 0 Å². The van der Waals surface area contributed by atoms with Crippen LogP contribution < -0.4 is 10.5 Å². The number of aryl methyl sites for hydroxylation is 1. The Balaban J connectivity index is 2.06. The Bertz CT molecular complexity index is 693. The van der Waals surface area contributed by atoms with E-state index in [1.807, 2.05) is 6.07 Å². The first kappa shape index (κ1) is 15.2. The number of benzene rings is 1. The van der Waals surface area contributed by atoms with Crippen molar-refractivity contribution in [3.05, 3.63) is 51.7 Å². The predicted molar refractivity (Wildman–Crippen MR) is 82.1 cm³/mol. The van der Waals surface area contributed by atoms with E-state index < -0.39 is 10.0 Å². The minimum absolute atomic E-state index is 0.150. The molecule has 4 nitrogen and oxygen atoms in total. The van der Waals surface area contributed by atoms with Gasteiger partial charge in [0.1, 0.15) is 0 Å². The molecule has 3 N–H and O–H groups in total. The third kappa shape index (κ3) is 3.67. The topological polar surface area (TPSA) is 72.2 Å². The normalized spacial score (nSPS) is 13.3. The highest BCUT2D eigenvalue weighted by atomic mass is 32.2. The Kier molecular flexibility index (Phi) is 4.59. The Morgan fingerprint density at radius 3 is 2.70 bits per heavy atom. The molecule has 1 aromatic heterocycles. The van der Waals surface area contributed by atoms with E-state index in [0.717, 1.165) is 5.56 Å². The Hall–Kier alpha value is -1.21. The van der Waals surface area contributed by atoms with Crippen LogP contribution in [0.15, 0.2) is 40.6 Å². The smallest absolute Gasteiger partial charge is 0.238 e. The van der Waals surface area contributed by atoms with Gasteiger partial charge in [-0.1, -0.05) is 12.1 Å². The highest BCUT2D eigenvalue weighted by Crippen LogP contribution is 2.23. The molecule has 1 atom stereocenters. The van der Waals surface area contributed by atoms with E-state index in [1.165, 1.54) is 16.5 Å². The van der Waals surface area contributed by atoms with Gasteiger partial charge in [0.05, 0.1) is 4.90 Å². The molecular weight excluding hydrogens is 292 g/mol. The molecule has 0 fully saturated rings. The fraction of sp³-hybridized carbons (Fsp3) is 0.286. The summed E-state index contributed by atoms with van der Waals surface area (Å²) in [6.07, 6.45) is 0. The minimum atomic E-state index is -3.64. The Morgan fingerprint density at radius 2 is 2.10 bits per heavy atom. The summed E-state index contributed by atoms with van der Waals surface area (Å²) in [7, 11) is -3.64. The lowest BCUT2D eigenvalue weighted by atomic mass is 10.1. The first-order valence-electron chi connectivity index (χ1n) is 6.27. The molecular formula is C14H18N2O2S2. The van der Waals surface area contributed by atoms with E-state index in [-0.39, 0.29) is 10.9 Å². The van der Waals surface area contributed by atoms with Crippen molar-refractivity contribution in [3.8, 4) is 0 Å². The van der Waals surface area contributed by atoms with Gasteiger partial charge in [0.15, 0.2) is 0 Å². The van der Waals surface area contributed by atoms with Crippen LogP contribution in [-0.2, 0) is 16.6 Å². The van der Waals surface area contributed by atoms with E-state index in [1.54, 1.807) is 23.5 Å². The average molecular weight is 310 g/mol. The summed E-state index contributed by atoms with van der Waals surface area (Å²) in [4.78, 5) is 1.45. The highest BCUT2D eigenvalue weighted by Gasteiger charge is 2.11. The van der Waals surface area contributed by atoms with Crippen molar-refractivity contribution in [2.75, 3.05) is 0 Å². The molecule has 1 unspecified atom stereocenters. The zero-order valence-electron chi connectivity index (χ0n) is 11.5. The molecule has 6 heteroatoms. The van der Waals surface area contributed by atoms with Gasteiger partial charge in [-0.25, -0.2) is 13.6 Å². The van der Waals surface area contributed by atoms with Crippen molar-refractivity contribution in [3.63, 3.8) is 0 Å². The van der Waals surface area contributed by atoms with Crippen LogP contribution in [0.25, 0.3) is 0 Å². The molecule has 0 amide bonds. The van der Waals surface area contributed by atoms with Crippen molar-refractivity contribution in [2.24, 2.45) is 5.14 Å². The third-order valence-electron chi connectivity index (χ3n) is 3.13. The molecule has 0 radical (unpaired) electrons. The summed E-state index contributed by atoms with van der Waals surface area (Å²) >= 11 is 1.72.